The quantitative estimate of drug-likeness (QED) is 0.655. The van der Waals surface area contributed by atoms with Gasteiger partial charge in [0.05, 0.1) is 5.01 Å². The molecule has 1 fully saturated rings. The van der Waals surface area contributed by atoms with Gasteiger partial charge in [0.25, 0.3) is 5.91 Å². The van der Waals surface area contributed by atoms with Crippen molar-refractivity contribution in [2.45, 2.75) is 58.3 Å². The number of aromatic nitrogens is 1. The van der Waals surface area contributed by atoms with E-state index in [4.69, 9.17) is 0 Å². The molecule has 1 aromatic heterocycles. The van der Waals surface area contributed by atoms with Gasteiger partial charge in [-0.25, -0.2) is 4.98 Å². The number of allylic oxidation sites excluding steroid dienone is 1. The molecule has 1 aliphatic heterocycles. The number of hydrogen-bond acceptors (Lipinski definition) is 5. The molecule has 0 saturated carbocycles. The predicted octanol–water partition coefficient (Wildman–Crippen LogP) is 3.30. The molecule has 2 rings (SSSR count). The van der Waals surface area contributed by atoms with Gasteiger partial charge in [0.15, 0.2) is 0 Å². The summed E-state index contributed by atoms with van der Waals surface area (Å²) < 4.78 is 0. The second-order valence-corrected chi connectivity index (χ2v) is 7.76. The Labute approximate surface area is 165 Å². The van der Waals surface area contributed by atoms with Crippen molar-refractivity contribution in [3.05, 3.63) is 28.2 Å². The summed E-state index contributed by atoms with van der Waals surface area (Å²) in [6.07, 6.45) is 8.19. The molecule has 0 aliphatic carbocycles. The van der Waals surface area contributed by atoms with E-state index in [1.165, 1.54) is 11.3 Å². The average molecular weight is 392 g/mol. The van der Waals surface area contributed by atoms with E-state index < -0.39 is 0 Å². The Morgan fingerprint density at radius 3 is 2.67 bits per heavy atom. The summed E-state index contributed by atoms with van der Waals surface area (Å²) in [6, 6.07) is 0. The van der Waals surface area contributed by atoms with Crippen molar-refractivity contribution in [1.82, 2.24) is 15.2 Å². The van der Waals surface area contributed by atoms with Gasteiger partial charge in [-0.2, -0.15) is 0 Å². The van der Waals surface area contributed by atoms with Crippen LogP contribution in [-0.2, 0) is 9.59 Å². The van der Waals surface area contributed by atoms with E-state index in [-0.39, 0.29) is 17.6 Å². The van der Waals surface area contributed by atoms with Crippen molar-refractivity contribution in [3.63, 3.8) is 0 Å². The Morgan fingerprint density at radius 2 is 2.00 bits per heavy atom. The summed E-state index contributed by atoms with van der Waals surface area (Å²) >= 11 is 1.52. The molecule has 0 bridgehead atoms. The number of rotatable bonds is 9. The molecular formula is C20H29N3O3S. The van der Waals surface area contributed by atoms with Crippen molar-refractivity contribution in [1.29, 1.82) is 0 Å². The lowest BCUT2D eigenvalue weighted by molar-refractivity contribution is -0.132. The molecule has 0 aromatic carbocycles. The topological polar surface area (TPSA) is 79.4 Å². The molecule has 1 saturated heterocycles. The van der Waals surface area contributed by atoms with Gasteiger partial charge < -0.3 is 15.0 Å². The molecular weight excluding hydrogens is 362 g/mol. The maximum absolute atomic E-state index is 12.2. The van der Waals surface area contributed by atoms with E-state index in [2.05, 4.69) is 17.2 Å². The number of piperidine rings is 1. The fourth-order valence-corrected chi connectivity index (χ4v) is 4.07. The Morgan fingerprint density at radius 1 is 1.26 bits per heavy atom. The standard InChI is InChI=1S/C20H29N3O3S/c1-3-4-5-11-21-19(26)17-14-27-20(22-17)16-9-12-23(13-10-16)18(25)8-6-7-15(2)24/h4-5,14,16H,3,6-13H2,1-2H3,(H,21,26)/b5-4-. The van der Waals surface area contributed by atoms with Crippen LogP contribution in [0.3, 0.4) is 0 Å². The largest absolute Gasteiger partial charge is 0.347 e. The molecule has 2 amide bonds. The van der Waals surface area contributed by atoms with Crippen molar-refractivity contribution >= 4 is 28.9 Å². The van der Waals surface area contributed by atoms with E-state index in [9.17, 15) is 14.4 Å². The minimum absolute atomic E-state index is 0.131. The fraction of sp³-hybridized carbons (Fsp3) is 0.600. The summed E-state index contributed by atoms with van der Waals surface area (Å²) in [6.45, 7) is 5.55. The number of nitrogens with zero attached hydrogens (tertiary/aromatic N) is 2. The molecule has 0 radical (unpaired) electrons. The summed E-state index contributed by atoms with van der Waals surface area (Å²) in [4.78, 5) is 41.7. The highest BCUT2D eigenvalue weighted by Gasteiger charge is 2.26. The van der Waals surface area contributed by atoms with Crippen molar-refractivity contribution in [3.8, 4) is 0 Å². The lowest BCUT2D eigenvalue weighted by Gasteiger charge is -2.31. The molecule has 1 aliphatic rings. The van der Waals surface area contributed by atoms with Crippen LogP contribution in [-0.4, -0.2) is 47.1 Å². The van der Waals surface area contributed by atoms with E-state index in [0.717, 1.165) is 24.3 Å². The lowest BCUT2D eigenvalue weighted by Crippen LogP contribution is -2.37. The number of thiazole rings is 1. The summed E-state index contributed by atoms with van der Waals surface area (Å²) in [7, 11) is 0. The van der Waals surface area contributed by atoms with Crippen molar-refractivity contribution in [2.24, 2.45) is 0 Å². The van der Waals surface area contributed by atoms with Gasteiger partial charge in [-0.3, -0.25) is 9.59 Å². The minimum Gasteiger partial charge on any atom is -0.347 e. The third-order valence-electron chi connectivity index (χ3n) is 4.65. The molecule has 0 spiro atoms. The monoisotopic (exact) mass is 391 g/mol. The van der Waals surface area contributed by atoms with Crippen LogP contribution in [0.2, 0.25) is 0 Å². The molecule has 0 unspecified atom stereocenters. The first kappa shape index (κ1) is 21.3. The number of hydrogen-bond donors (Lipinski definition) is 1. The number of likely N-dealkylation sites (tertiary alicyclic amines) is 1. The molecule has 1 aromatic rings. The number of nitrogens with one attached hydrogen (secondary N) is 1. The van der Waals surface area contributed by atoms with Gasteiger partial charge in [0.1, 0.15) is 11.5 Å². The first-order valence-electron chi connectivity index (χ1n) is 9.67. The van der Waals surface area contributed by atoms with E-state index in [0.29, 0.717) is 50.5 Å². The van der Waals surface area contributed by atoms with E-state index >= 15 is 0 Å². The average Bonchev–Trinajstić information content (AvgIpc) is 3.15. The van der Waals surface area contributed by atoms with Gasteiger partial charge in [-0.15, -0.1) is 11.3 Å². The second-order valence-electron chi connectivity index (χ2n) is 6.87. The highest BCUT2D eigenvalue weighted by molar-refractivity contribution is 7.09. The fourth-order valence-electron chi connectivity index (χ4n) is 3.09. The molecule has 7 heteroatoms. The van der Waals surface area contributed by atoms with Gasteiger partial charge in [0.2, 0.25) is 5.91 Å². The van der Waals surface area contributed by atoms with Crippen molar-refractivity contribution < 1.29 is 14.4 Å². The van der Waals surface area contributed by atoms with Crippen LogP contribution in [0, 0.1) is 0 Å². The number of Topliss-reactive ketones (excluding diaryl/α,β-unsaturated/α-hetero) is 1. The molecule has 27 heavy (non-hydrogen) atoms. The van der Waals surface area contributed by atoms with Crippen LogP contribution < -0.4 is 5.32 Å². The molecule has 6 nitrogen and oxygen atoms in total. The van der Waals surface area contributed by atoms with Gasteiger partial charge >= 0.3 is 0 Å². The van der Waals surface area contributed by atoms with Crippen molar-refractivity contribution in [2.75, 3.05) is 19.6 Å². The van der Waals surface area contributed by atoms with Gasteiger partial charge in [-0.1, -0.05) is 19.1 Å². The molecule has 148 valence electrons. The Bertz CT molecular complexity index is 676. The highest BCUT2D eigenvalue weighted by atomic mass is 32.1. The lowest BCUT2D eigenvalue weighted by atomic mass is 9.97. The Balaban J connectivity index is 1.78. The molecule has 0 atom stereocenters. The van der Waals surface area contributed by atoms with E-state index in [1.54, 1.807) is 6.92 Å². The normalized spacial score (nSPS) is 15.3. The number of amides is 2. The van der Waals surface area contributed by atoms with E-state index in [1.807, 2.05) is 22.4 Å². The highest BCUT2D eigenvalue weighted by Crippen LogP contribution is 2.30. The third-order valence-corrected chi connectivity index (χ3v) is 5.66. The summed E-state index contributed by atoms with van der Waals surface area (Å²) in [5.41, 5.74) is 0.475. The number of ketones is 1. The van der Waals surface area contributed by atoms with Crippen LogP contribution in [0.25, 0.3) is 0 Å². The van der Waals surface area contributed by atoms with Crippen LogP contribution in [0.4, 0.5) is 0 Å². The van der Waals surface area contributed by atoms with Gasteiger partial charge in [-0.05, 0) is 32.6 Å². The third kappa shape index (κ3) is 6.90. The van der Waals surface area contributed by atoms with Crippen LogP contribution in [0.1, 0.15) is 73.8 Å². The predicted molar refractivity (Wildman–Crippen MR) is 107 cm³/mol. The van der Waals surface area contributed by atoms with Crippen LogP contribution >= 0.6 is 11.3 Å². The first-order valence-corrected chi connectivity index (χ1v) is 10.5. The smallest absolute Gasteiger partial charge is 0.271 e. The minimum atomic E-state index is -0.142. The molecule has 2 heterocycles. The first-order chi connectivity index (χ1) is 13.0. The second kappa shape index (κ2) is 11.0. The Kier molecular flexibility index (Phi) is 8.64. The molecule has 1 N–H and O–H groups in total. The number of carbonyl (C=O) groups excluding carboxylic acids is 3. The maximum atomic E-state index is 12.2. The zero-order chi connectivity index (χ0) is 19.6. The van der Waals surface area contributed by atoms with Crippen LogP contribution in [0.15, 0.2) is 17.5 Å². The zero-order valence-corrected chi connectivity index (χ0v) is 17.0. The van der Waals surface area contributed by atoms with Gasteiger partial charge in [0, 0.05) is 43.8 Å². The zero-order valence-electron chi connectivity index (χ0n) is 16.2. The number of carbonyl (C=O) groups is 3. The van der Waals surface area contributed by atoms with Crippen LogP contribution in [0.5, 0.6) is 0 Å². The Hall–Kier alpha value is -2.02. The summed E-state index contributed by atoms with van der Waals surface area (Å²) in [5, 5.41) is 5.63. The summed E-state index contributed by atoms with van der Waals surface area (Å²) in [5.74, 6) is 0.426. The SMILES string of the molecule is CC/C=C\CNC(=O)c1csc(C2CCN(C(=O)CCCC(C)=O)CC2)n1. The maximum Gasteiger partial charge on any atom is 0.271 e.